The van der Waals surface area contributed by atoms with Crippen molar-refractivity contribution in [2.75, 3.05) is 0 Å². The Morgan fingerprint density at radius 3 is 2.50 bits per heavy atom. The normalized spacial score (nSPS) is 13.2. The second-order valence-electron chi connectivity index (χ2n) is 5.09. The highest BCUT2D eigenvalue weighted by Crippen LogP contribution is 2.32. The Labute approximate surface area is 126 Å². The van der Waals surface area contributed by atoms with Crippen LogP contribution in [0.5, 0.6) is 0 Å². The fraction of sp³-hybridized carbons (Fsp3) is 0.111. The fourth-order valence-corrected chi connectivity index (χ4v) is 2.66. The van der Waals surface area contributed by atoms with Crippen molar-refractivity contribution in [3.63, 3.8) is 0 Å². The molecule has 1 heterocycles. The highest BCUT2D eigenvalue weighted by Gasteiger charge is 2.31. The molecule has 0 bridgehead atoms. The SMILES string of the molecule is C=C[C@@H](c1cccc(C(F)(F)F)c1)n1ccc2ccccc21. The number of hydrogen-bond acceptors (Lipinski definition) is 0. The van der Waals surface area contributed by atoms with Crippen LogP contribution in [0.4, 0.5) is 13.2 Å². The van der Waals surface area contributed by atoms with Crippen LogP contribution in [0.15, 0.2) is 73.4 Å². The van der Waals surface area contributed by atoms with E-state index in [1.807, 2.05) is 41.1 Å². The average molecular weight is 301 g/mol. The van der Waals surface area contributed by atoms with Crippen molar-refractivity contribution in [2.45, 2.75) is 12.2 Å². The molecular weight excluding hydrogens is 287 g/mol. The van der Waals surface area contributed by atoms with Crippen molar-refractivity contribution in [3.05, 3.63) is 84.6 Å². The lowest BCUT2D eigenvalue weighted by Crippen LogP contribution is -2.10. The topological polar surface area (TPSA) is 4.93 Å². The molecule has 0 saturated heterocycles. The van der Waals surface area contributed by atoms with Crippen molar-refractivity contribution in [1.29, 1.82) is 0 Å². The van der Waals surface area contributed by atoms with Gasteiger partial charge in [-0.2, -0.15) is 13.2 Å². The number of rotatable bonds is 3. The maximum atomic E-state index is 12.9. The number of fused-ring (bicyclic) bond motifs is 1. The van der Waals surface area contributed by atoms with E-state index in [0.29, 0.717) is 5.56 Å². The van der Waals surface area contributed by atoms with E-state index < -0.39 is 11.7 Å². The minimum atomic E-state index is -4.35. The third-order valence-corrected chi connectivity index (χ3v) is 3.71. The van der Waals surface area contributed by atoms with E-state index in [9.17, 15) is 13.2 Å². The summed E-state index contributed by atoms with van der Waals surface area (Å²) in [4.78, 5) is 0. The van der Waals surface area contributed by atoms with Gasteiger partial charge in [0.15, 0.2) is 0 Å². The summed E-state index contributed by atoms with van der Waals surface area (Å²) < 4.78 is 40.6. The van der Waals surface area contributed by atoms with Crippen LogP contribution in [0, 0.1) is 0 Å². The molecule has 0 N–H and O–H groups in total. The summed E-state index contributed by atoms with van der Waals surface area (Å²) in [6.07, 6.45) is -0.820. The summed E-state index contributed by atoms with van der Waals surface area (Å²) in [5, 5.41) is 1.04. The standard InChI is InChI=1S/C18H14F3N/c1-2-16(14-7-5-8-15(12-14)18(19,20)21)22-11-10-13-6-3-4-9-17(13)22/h2-12,16H,1H2/t16-/m0/s1. The lowest BCUT2D eigenvalue weighted by atomic mass is 10.0. The Morgan fingerprint density at radius 1 is 1.00 bits per heavy atom. The van der Waals surface area contributed by atoms with Crippen LogP contribution in [-0.2, 0) is 6.18 Å². The van der Waals surface area contributed by atoms with Gasteiger partial charge in [-0.3, -0.25) is 0 Å². The summed E-state index contributed by atoms with van der Waals surface area (Å²) in [5.41, 5.74) is 0.879. The Bertz CT molecular complexity index is 814. The Hall–Kier alpha value is -2.49. The number of nitrogens with zero attached hydrogens (tertiary/aromatic N) is 1. The van der Waals surface area contributed by atoms with Crippen LogP contribution in [0.2, 0.25) is 0 Å². The lowest BCUT2D eigenvalue weighted by molar-refractivity contribution is -0.137. The summed E-state index contributed by atoms with van der Waals surface area (Å²) in [7, 11) is 0. The van der Waals surface area contributed by atoms with E-state index in [2.05, 4.69) is 6.58 Å². The molecule has 0 unspecified atom stereocenters. The molecule has 1 aromatic heterocycles. The van der Waals surface area contributed by atoms with Gasteiger partial charge in [-0.05, 0) is 35.2 Å². The quantitative estimate of drug-likeness (QED) is 0.568. The molecule has 112 valence electrons. The first-order valence-corrected chi connectivity index (χ1v) is 6.86. The van der Waals surface area contributed by atoms with Gasteiger partial charge in [0.05, 0.1) is 11.6 Å². The van der Waals surface area contributed by atoms with Gasteiger partial charge in [0.25, 0.3) is 0 Å². The third kappa shape index (κ3) is 2.52. The van der Waals surface area contributed by atoms with Crippen molar-refractivity contribution < 1.29 is 13.2 Å². The van der Waals surface area contributed by atoms with Gasteiger partial charge in [0, 0.05) is 11.7 Å². The minimum Gasteiger partial charge on any atom is -0.336 e. The summed E-state index contributed by atoms with van der Waals surface area (Å²) >= 11 is 0. The van der Waals surface area contributed by atoms with Crippen LogP contribution in [0.25, 0.3) is 10.9 Å². The molecule has 1 nitrogen and oxygen atoms in total. The van der Waals surface area contributed by atoms with Gasteiger partial charge < -0.3 is 4.57 Å². The lowest BCUT2D eigenvalue weighted by Gasteiger charge is -2.18. The zero-order valence-corrected chi connectivity index (χ0v) is 11.7. The van der Waals surface area contributed by atoms with Crippen molar-refractivity contribution >= 4 is 10.9 Å². The van der Waals surface area contributed by atoms with E-state index in [4.69, 9.17) is 0 Å². The number of allylic oxidation sites excluding steroid dienone is 1. The van der Waals surface area contributed by atoms with Crippen LogP contribution in [-0.4, -0.2) is 4.57 Å². The molecule has 0 amide bonds. The maximum Gasteiger partial charge on any atom is 0.416 e. The highest BCUT2D eigenvalue weighted by molar-refractivity contribution is 5.80. The molecule has 0 aliphatic heterocycles. The smallest absolute Gasteiger partial charge is 0.336 e. The molecule has 3 rings (SSSR count). The maximum absolute atomic E-state index is 12.9. The molecule has 4 heteroatoms. The van der Waals surface area contributed by atoms with Gasteiger partial charge in [-0.1, -0.05) is 36.4 Å². The first-order valence-electron chi connectivity index (χ1n) is 6.86. The molecule has 0 radical (unpaired) electrons. The number of halogens is 3. The predicted octanol–water partition coefficient (Wildman–Crippen LogP) is 5.44. The molecule has 0 aliphatic carbocycles. The second-order valence-corrected chi connectivity index (χ2v) is 5.09. The predicted molar refractivity (Wildman–Crippen MR) is 81.7 cm³/mol. The van der Waals surface area contributed by atoms with Gasteiger partial charge in [-0.15, -0.1) is 6.58 Å². The number of hydrogen-bond donors (Lipinski definition) is 0. The Kier molecular flexibility index (Phi) is 3.53. The first-order chi connectivity index (χ1) is 10.5. The summed E-state index contributed by atoms with van der Waals surface area (Å²) in [6, 6.07) is 14.7. The number of alkyl halides is 3. The fourth-order valence-electron chi connectivity index (χ4n) is 2.66. The molecule has 3 aromatic rings. The number of para-hydroxylation sites is 1. The summed E-state index contributed by atoms with van der Waals surface area (Å²) in [5.74, 6) is 0. The monoisotopic (exact) mass is 301 g/mol. The molecule has 0 fully saturated rings. The van der Waals surface area contributed by atoms with Crippen LogP contribution >= 0.6 is 0 Å². The molecular formula is C18H14F3N. The van der Waals surface area contributed by atoms with Crippen LogP contribution < -0.4 is 0 Å². The van der Waals surface area contributed by atoms with Gasteiger partial charge >= 0.3 is 6.18 Å². The zero-order valence-electron chi connectivity index (χ0n) is 11.7. The van der Waals surface area contributed by atoms with Crippen molar-refractivity contribution in [3.8, 4) is 0 Å². The molecule has 22 heavy (non-hydrogen) atoms. The van der Waals surface area contributed by atoms with Gasteiger partial charge in [0.1, 0.15) is 0 Å². The van der Waals surface area contributed by atoms with Crippen LogP contribution in [0.1, 0.15) is 17.2 Å². The Morgan fingerprint density at radius 2 is 1.77 bits per heavy atom. The Balaban J connectivity index is 2.10. The van der Waals surface area contributed by atoms with E-state index in [0.717, 1.165) is 17.0 Å². The van der Waals surface area contributed by atoms with Gasteiger partial charge in [-0.25, -0.2) is 0 Å². The first kappa shape index (κ1) is 14.4. The largest absolute Gasteiger partial charge is 0.416 e. The second kappa shape index (κ2) is 5.37. The summed E-state index contributed by atoms with van der Waals surface area (Å²) in [6.45, 7) is 3.79. The van der Waals surface area contributed by atoms with Crippen molar-refractivity contribution in [1.82, 2.24) is 4.57 Å². The van der Waals surface area contributed by atoms with E-state index in [-0.39, 0.29) is 6.04 Å². The molecule has 0 spiro atoms. The molecule has 2 aromatic carbocycles. The third-order valence-electron chi connectivity index (χ3n) is 3.71. The highest BCUT2D eigenvalue weighted by atomic mass is 19.4. The molecule has 1 atom stereocenters. The van der Waals surface area contributed by atoms with Gasteiger partial charge in [0.2, 0.25) is 0 Å². The molecule has 0 saturated carbocycles. The number of aromatic nitrogens is 1. The zero-order chi connectivity index (χ0) is 15.7. The van der Waals surface area contributed by atoms with E-state index in [1.54, 1.807) is 12.1 Å². The van der Waals surface area contributed by atoms with Crippen LogP contribution in [0.3, 0.4) is 0 Å². The number of benzene rings is 2. The van der Waals surface area contributed by atoms with E-state index >= 15 is 0 Å². The van der Waals surface area contributed by atoms with Crippen molar-refractivity contribution in [2.24, 2.45) is 0 Å². The minimum absolute atomic E-state index is 0.345. The molecule has 0 aliphatic rings. The average Bonchev–Trinajstić information content (AvgIpc) is 2.92. The van der Waals surface area contributed by atoms with E-state index in [1.165, 1.54) is 12.1 Å².